The van der Waals surface area contributed by atoms with Crippen LogP contribution in [0, 0.1) is 5.92 Å². The van der Waals surface area contributed by atoms with Crippen LogP contribution in [0.2, 0.25) is 0 Å². The molecule has 1 aliphatic rings. The van der Waals surface area contributed by atoms with E-state index in [0.717, 1.165) is 12.8 Å². The number of nitrogens with one attached hydrogen (secondary N) is 1. The van der Waals surface area contributed by atoms with Gasteiger partial charge in [-0.2, -0.15) is 0 Å². The molecule has 2 heterocycles. The maximum Gasteiger partial charge on any atom is 0.274 e. The number of hydrogen-bond donors (Lipinski definition) is 1. The van der Waals surface area contributed by atoms with Gasteiger partial charge in [-0.05, 0) is 25.0 Å². The molecule has 1 atom stereocenters. The van der Waals surface area contributed by atoms with Crippen molar-refractivity contribution in [3.8, 4) is 0 Å². The van der Waals surface area contributed by atoms with E-state index < -0.39 is 5.92 Å². The van der Waals surface area contributed by atoms with Crippen molar-refractivity contribution >= 4 is 17.5 Å². The average molecular weight is 305 g/mol. The molecule has 1 aromatic rings. The summed E-state index contributed by atoms with van der Waals surface area (Å²) >= 11 is 0. The molecule has 0 radical (unpaired) electrons. The van der Waals surface area contributed by atoms with Gasteiger partial charge in [0.25, 0.3) is 5.56 Å². The Labute approximate surface area is 130 Å². The lowest BCUT2D eigenvalue weighted by Crippen LogP contribution is -2.37. The summed E-state index contributed by atoms with van der Waals surface area (Å²) in [7, 11) is 1.63. The highest BCUT2D eigenvalue weighted by atomic mass is 16.2. The molecule has 0 spiro atoms. The Kier molecular flexibility index (Phi) is 5.00. The van der Waals surface area contributed by atoms with Crippen molar-refractivity contribution in [1.82, 2.24) is 9.47 Å². The number of carbonyl (C=O) groups excluding carboxylic acids is 2. The zero-order valence-electron chi connectivity index (χ0n) is 13.3. The van der Waals surface area contributed by atoms with E-state index in [4.69, 9.17) is 0 Å². The zero-order valence-corrected chi connectivity index (χ0v) is 13.3. The van der Waals surface area contributed by atoms with Gasteiger partial charge in [-0.1, -0.05) is 13.8 Å². The molecule has 22 heavy (non-hydrogen) atoms. The van der Waals surface area contributed by atoms with Crippen molar-refractivity contribution in [2.75, 3.05) is 11.9 Å². The molecule has 120 valence electrons. The van der Waals surface area contributed by atoms with Crippen LogP contribution in [-0.4, -0.2) is 33.9 Å². The fourth-order valence-corrected chi connectivity index (χ4v) is 2.92. The first kappa shape index (κ1) is 16.3. The van der Waals surface area contributed by atoms with E-state index in [9.17, 15) is 14.4 Å². The van der Waals surface area contributed by atoms with Gasteiger partial charge in [0.1, 0.15) is 5.69 Å². The molecule has 0 bridgehead atoms. The van der Waals surface area contributed by atoms with Gasteiger partial charge in [-0.25, -0.2) is 0 Å². The normalized spacial score (nSPS) is 18.1. The van der Waals surface area contributed by atoms with E-state index in [2.05, 4.69) is 5.32 Å². The number of anilines is 1. The van der Waals surface area contributed by atoms with Crippen LogP contribution in [0.3, 0.4) is 0 Å². The second-order valence-electron chi connectivity index (χ2n) is 5.74. The Balaban J connectivity index is 2.07. The highest BCUT2D eigenvalue weighted by Crippen LogP contribution is 2.23. The molecule has 6 nitrogen and oxygen atoms in total. The Hall–Kier alpha value is -2.11. The zero-order chi connectivity index (χ0) is 16.3. The van der Waals surface area contributed by atoms with Crippen molar-refractivity contribution in [3.63, 3.8) is 0 Å². The van der Waals surface area contributed by atoms with Crippen LogP contribution in [0.1, 0.15) is 33.1 Å². The van der Waals surface area contributed by atoms with Gasteiger partial charge in [0.15, 0.2) is 0 Å². The Morgan fingerprint density at radius 2 is 2.05 bits per heavy atom. The van der Waals surface area contributed by atoms with Gasteiger partial charge in [-0.15, -0.1) is 0 Å². The maximum absolute atomic E-state index is 12.3. The minimum Gasteiger partial charge on any atom is -0.339 e. The first-order valence-electron chi connectivity index (χ1n) is 7.73. The first-order valence-corrected chi connectivity index (χ1v) is 7.73. The lowest BCUT2D eigenvalue weighted by molar-refractivity contribution is -0.130. The van der Waals surface area contributed by atoms with Crippen LogP contribution in [0.5, 0.6) is 0 Å². The molecule has 0 aliphatic carbocycles. The molecular weight excluding hydrogens is 282 g/mol. The summed E-state index contributed by atoms with van der Waals surface area (Å²) in [5, 5.41) is 2.66. The molecule has 1 unspecified atom stereocenters. The number of rotatable bonds is 5. The molecule has 1 fully saturated rings. The molecule has 1 aliphatic heterocycles. The summed E-state index contributed by atoms with van der Waals surface area (Å²) in [4.78, 5) is 38.2. The quantitative estimate of drug-likeness (QED) is 0.893. The van der Waals surface area contributed by atoms with E-state index in [1.165, 1.54) is 4.57 Å². The van der Waals surface area contributed by atoms with Crippen molar-refractivity contribution < 1.29 is 9.59 Å². The molecule has 1 aromatic heterocycles. The van der Waals surface area contributed by atoms with Crippen LogP contribution >= 0.6 is 0 Å². The van der Waals surface area contributed by atoms with Crippen molar-refractivity contribution in [2.24, 2.45) is 13.0 Å². The fourth-order valence-electron chi connectivity index (χ4n) is 2.92. The predicted molar refractivity (Wildman–Crippen MR) is 84.5 cm³/mol. The van der Waals surface area contributed by atoms with Crippen LogP contribution in [0.25, 0.3) is 0 Å². The summed E-state index contributed by atoms with van der Waals surface area (Å²) in [6.07, 6.45) is 3.62. The van der Waals surface area contributed by atoms with E-state index in [0.29, 0.717) is 6.54 Å². The number of carbonyl (C=O) groups is 2. The number of aromatic nitrogens is 1. The third-order valence-corrected chi connectivity index (χ3v) is 4.29. The van der Waals surface area contributed by atoms with E-state index >= 15 is 0 Å². The molecule has 0 aromatic carbocycles. The highest BCUT2D eigenvalue weighted by Gasteiger charge is 2.37. The van der Waals surface area contributed by atoms with Crippen molar-refractivity contribution in [1.29, 1.82) is 0 Å². The summed E-state index contributed by atoms with van der Waals surface area (Å²) in [5.74, 6) is -0.627. The standard InChI is InChI=1S/C16H23N3O3/c1-4-12(5-2)19-10-11(9-14(19)20)15(21)17-13-7-6-8-18(3)16(13)22/h6-8,11-12H,4-5,9-10H2,1-3H3,(H,17,21). The first-order chi connectivity index (χ1) is 10.5. The number of amides is 2. The van der Waals surface area contributed by atoms with Crippen LogP contribution in [0.4, 0.5) is 5.69 Å². The second kappa shape index (κ2) is 6.77. The SMILES string of the molecule is CCC(CC)N1CC(C(=O)Nc2cccn(C)c2=O)CC1=O. The monoisotopic (exact) mass is 305 g/mol. The smallest absolute Gasteiger partial charge is 0.274 e. The molecule has 6 heteroatoms. The van der Waals surface area contributed by atoms with Crippen molar-refractivity contribution in [3.05, 3.63) is 28.7 Å². The van der Waals surface area contributed by atoms with E-state index in [1.807, 2.05) is 13.8 Å². The number of hydrogen-bond acceptors (Lipinski definition) is 3. The van der Waals surface area contributed by atoms with E-state index in [1.54, 1.807) is 30.3 Å². The summed E-state index contributed by atoms with van der Waals surface area (Å²) < 4.78 is 1.41. The average Bonchev–Trinajstić information content (AvgIpc) is 2.88. The molecule has 2 rings (SSSR count). The largest absolute Gasteiger partial charge is 0.339 e. The van der Waals surface area contributed by atoms with Gasteiger partial charge < -0.3 is 14.8 Å². The summed E-state index contributed by atoms with van der Waals surface area (Å²) in [5.41, 5.74) is 0.000421. The van der Waals surface area contributed by atoms with Crippen LogP contribution in [0.15, 0.2) is 23.1 Å². The van der Waals surface area contributed by atoms with Gasteiger partial charge in [0.05, 0.1) is 5.92 Å². The topological polar surface area (TPSA) is 71.4 Å². The van der Waals surface area contributed by atoms with Crippen LogP contribution in [-0.2, 0) is 16.6 Å². The Bertz CT molecular complexity index is 619. The summed E-state index contributed by atoms with van der Waals surface area (Å²) in [6, 6.07) is 3.47. The minimum atomic E-state index is -0.391. The fraction of sp³-hybridized carbons (Fsp3) is 0.562. The molecule has 2 amide bonds. The third-order valence-electron chi connectivity index (χ3n) is 4.29. The Morgan fingerprint density at radius 3 is 2.68 bits per heavy atom. The van der Waals surface area contributed by atoms with Gasteiger partial charge >= 0.3 is 0 Å². The number of pyridine rings is 1. The molecule has 0 saturated carbocycles. The third kappa shape index (κ3) is 3.21. The van der Waals surface area contributed by atoms with Crippen molar-refractivity contribution in [2.45, 2.75) is 39.2 Å². The summed E-state index contributed by atoms with van der Waals surface area (Å²) in [6.45, 7) is 4.52. The van der Waals surface area contributed by atoms with Gasteiger partial charge in [-0.3, -0.25) is 14.4 Å². The highest BCUT2D eigenvalue weighted by molar-refractivity contribution is 5.97. The van der Waals surface area contributed by atoms with Gasteiger partial charge in [0, 0.05) is 32.3 Å². The van der Waals surface area contributed by atoms with Gasteiger partial charge in [0.2, 0.25) is 11.8 Å². The maximum atomic E-state index is 12.3. The lowest BCUT2D eigenvalue weighted by Gasteiger charge is -2.26. The lowest BCUT2D eigenvalue weighted by atomic mass is 10.1. The Morgan fingerprint density at radius 1 is 1.36 bits per heavy atom. The molecule has 1 saturated heterocycles. The predicted octanol–water partition coefficient (Wildman–Crippen LogP) is 1.36. The number of nitrogens with zero attached hydrogens (tertiary/aromatic N) is 2. The molecule has 1 N–H and O–H groups in total. The second-order valence-corrected chi connectivity index (χ2v) is 5.74. The van der Waals surface area contributed by atoms with E-state index in [-0.39, 0.29) is 35.5 Å². The number of aryl methyl sites for hydroxylation is 1. The number of likely N-dealkylation sites (tertiary alicyclic amines) is 1. The molecular formula is C16H23N3O3. The van der Waals surface area contributed by atoms with Crippen LogP contribution < -0.4 is 10.9 Å². The minimum absolute atomic E-state index is 0.0230.